The Bertz CT molecular complexity index is 424. The fraction of sp³-hybridized carbons (Fsp3) is 0.800. The lowest BCUT2D eigenvalue weighted by Crippen LogP contribution is -2.54. The Hall–Kier alpha value is -1.59. The molecule has 120 valence electrons. The summed E-state index contributed by atoms with van der Waals surface area (Å²) in [4.78, 5) is 34.8. The first-order valence-corrected chi connectivity index (χ1v) is 7.40. The Morgan fingerprint density at radius 3 is 2.14 bits per heavy atom. The highest BCUT2D eigenvalue weighted by Gasteiger charge is 2.48. The Balaban J connectivity index is 2.31. The quantitative estimate of drug-likeness (QED) is 0.617. The molecule has 0 aromatic carbocycles. The molecular formula is C15H26N2O4. The van der Waals surface area contributed by atoms with Crippen molar-refractivity contribution in [1.29, 1.82) is 0 Å². The maximum absolute atomic E-state index is 11.8. The number of aliphatic carboxylic acids is 1. The maximum Gasteiger partial charge on any atom is 0.329 e. The van der Waals surface area contributed by atoms with Gasteiger partial charge in [-0.1, -0.05) is 20.8 Å². The number of hydrogen-bond acceptors (Lipinski definition) is 3. The fourth-order valence-corrected chi connectivity index (χ4v) is 2.06. The molecule has 0 aliphatic heterocycles. The van der Waals surface area contributed by atoms with E-state index in [9.17, 15) is 19.5 Å². The largest absolute Gasteiger partial charge is 0.480 e. The average molecular weight is 298 g/mol. The minimum absolute atomic E-state index is 0.0274. The third-order valence-electron chi connectivity index (χ3n) is 3.78. The summed E-state index contributed by atoms with van der Waals surface area (Å²) in [5.41, 5.74) is -1.61. The normalized spacial score (nSPS) is 17.7. The first kappa shape index (κ1) is 17.5. The molecule has 1 unspecified atom stereocenters. The predicted molar refractivity (Wildman–Crippen MR) is 78.6 cm³/mol. The number of amides is 2. The van der Waals surface area contributed by atoms with Gasteiger partial charge in [0, 0.05) is 18.4 Å². The van der Waals surface area contributed by atoms with Gasteiger partial charge in [0.05, 0.1) is 0 Å². The third kappa shape index (κ3) is 5.02. The summed E-state index contributed by atoms with van der Waals surface area (Å²) in [6.07, 6.45) is 2.38. The highest BCUT2D eigenvalue weighted by molar-refractivity contribution is 5.87. The van der Waals surface area contributed by atoms with Crippen molar-refractivity contribution in [3.63, 3.8) is 0 Å². The van der Waals surface area contributed by atoms with Crippen LogP contribution in [-0.2, 0) is 14.4 Å². The molecule has 1 atom stereocenters. The number of carboxylic acids is 1. The van der Waals surface area contributed by atoms with Crippen molar-refractivity contribution in [2.45, 2.75) is 58.9 Å². The maximum atomic E-state index is 11.8. The van der Waals surface area contributed by atoms with Gasteiger partial charge in [0.2, 0.25) is 11.8 Å². The van der Waals surface area contributed by atoms with Crippen molar-refractivity contribution in [3.05, 3.63) is 0 Å². The number of hydrogen-bond donors (Lipinski definition) is 3. The molecule has 1 rings (SSSR count). The van der Waals surface area contributed by atoms with Gasteiger partial charge in [0.25, 0.3) is 0 Å². The molecule has 3 N–H and O–H groups in total. The summed E-state index contributed by atoms with van der Waals surface area (Å²) in [5.74, 6) is -1.30. The van der Waals surface area contributed by atoms with Crippen LogP contribution in [0.3, 0.4) is 0 Å². The first-order valence-electron chi connectivity index (χ1n) is 7.40. The molecule has 0 spiro atoms. The van der Waals surface area contributed by atoms with Crippen LogP contribution in [0.5, 0.6) is 0 Å². The molecule has 2 amide bonds. The van der Waals surface area contributed by atoms with Crippen LogP contribution < -0.4 is 10.6 Å². The Labute approximate surface area is 125 Å². The van der Waals surface area contributed by atoms with Gasteiger partial charge < -0.3 is 15.7 Å². The molecule has 6 nitrogen and oxygen atoms in total. The van der Waals surface area contributed by atoms with E-state index in [1.807, 2.05) is 20.8 Å². The molecule has 1 aliphatic rings. The van der Waals surface area contributed by atoms with E-state index in [-0.39, 0.29) is 24.2 Å². The van der Waals surface area contributed by atoms with Crippen molar-refractivity contribution in [2.75, 3.05) is 6.54 Å². The number of carbonyl (C=O) groups is 3. The van der Waals surface area contributed by atoms with E-state index in [0.717, 1.165) is 12.8 Å². The van der Waals surface area contributed by atoms with E-state index in [2.05, 4.69) is 10.6 Å². The minimum Gasteiger partial charge on any atom is -0.480 e. The number of carboxylic acid groups (broad SMARTS) is 1. The third-order valence-corrected chi connectivity index (χ3v) is 3.78. The van der Waals surface area contributed by atoms with Crippen LogP contribution in [0.25, 0.3) is 0 Å². The lowest BCUT2D eigenvalue weighted by molar-refractivity contribution is -0.147. The average Bonchev–Trinajstić information content (AvgIpc) is 3.17. The Kier molecular flexibility index (Phi) is 5.36. The van der Waals surface area contributed by atoms with Crippen LogP contribution in [0.15, 0.2) is 0 Å². The van der Waals surface area contributed by atoms with Gasteiger partial charge in [-0.2, -0.15) is 0 Å². The zero-order chi connectivity index (χ0) is 16.3. The zero-order valence-electron chi connectivity index (χ0n) is 13.3. The van der Waals surface area contributed by atoms with Gasteiger partial charge >= 0.3 is 5.97 Å². The van der Waals surface area contributed by atoms with E-state index in [4.69, 9.17) is 0 Å². The Morgan fingerprint density at radius 2 is 1.71 bits per heavy atom. The smallest absolute Gasteiger partial charge is 0.329 e. The molecule has 6 heteroatoms. The first-order chi connectivity index (χ1) is 9.57. The van der Waals surface area contributed by atoms with Gasteiger partial charge in [-0.25, -0.2) is 4.79 Å². The molecule has 0 heterocycles. The summed E-state index contributed by atoms with van der Waals surface area (Å²) in [5, 5.41) is 14.6. The zero-order valence-corrected chi connectivity index (χ0v) is 13.3. The van der Waals surface area contributed by atoms with Crippen LogP contribution in [0.2, 0.25) is 0 Å². The molecule has 0 bridgehead atoms. The van der Waals surface area contributed by atoms with Crippen LogP contribution in [0, 0.1) is 11.3 Å². The number of rotatable bonds is 7. The van der Waals surface area contributed by atoms with Crippen molar-refractivity contribution in [2.24, 2.45) is 11.3 Å². The van der Waals surface area contributed by atoms with Gasteiger partial charge in [-0.15, -0.1) is 0 Å². The SMILES string of the molecule is CC(C)(C)C(=O)NCCCC(=O)NC(C)(C(=O)O)C1CC1. The summed E-state index contributed by atoms with van der Waals surface area (Å²) in [7, 11) is 0. The molecule has 0 saturated heterocycles. The van der Waals surface area contributed by atoms with Crippen molar-refractivity contribution in [3.8, 4) is 0 Å². The number of carbonyl (C=O) groups excluding carboxylic acids is 2. The van der Waals surface area contributed by atoms with Crippen LogP contribution >= 0.6 is 0 Å². The second kappa shape index (κ2) is 6.45. The minimum atomic E-state index is -1.16. The van der Waals surface area contributed by atoms with E-state index < -0.39 is 16.9 Å². The number of nitrogens with one attached hydrogen (secondary N) is 2. The summed E-state index contributed by atoms with van der Waals surface area (Å²) < 4.78 is 0. The van der Waals surface area contributed by atoms with E-state index >= 15 is 0 Å². The molecule has 1 fully saturated rings. The van der Waals surface area contributed by atoms with E-state index in [1.165, 1.54) is 0 Å². The van der Waals surface area contributed by atoms with E-state index in [1.54, 1.807) is 6.92 Å². The topological polar surface area (TPSA) is 95.5 Å². The van der Waals surface area contributed by atoms with Gasteiger partial charge in [0.15, 0.2) is 0 Å². The molecule has 1 aliphatic carbocycles. The van der Waals surface area contributed by atoms with Crippen LogP contribution in [0.1, 0.15) is 53.4 Å². The monoisotopic (exact) mass is 298 g/mol. The van der Waals surface area contributed by atoms with Crippen LogP contribution in [-0.4, -0.2) is 35.0 Å². The molecule has 0 radical (unpaired) electrons. The highest BCUT2D eigenvalue weighted by Crippen LogP contribution is 2.39. The van der Waals surface area contributed by atoms with Gasteiger partial charge in [-0.3, -0.25) is 9.59 Å². The lowest BCUT2D eigenvalue weighted by Gasteiger charge is -2.26. The van der Waals surface area contributed by atoms with Gasteiger partial charge in [0.1, 0.15) is 5.54 Å². The van der Waals surface area contributed by atoms with Crippen LogP contribution in [0.4, 0.5) is 0 Å². The molecule has 0 aromatic heterocycles. The molecule has 1 saturated carbocycles. The van der Waals surface area contributed by atoms with Crippen molar-refractivity contribution < 1.29 is 19.5 Å². The molecule has 0 aromatic rings. The standard InChI is InChI=1S/C15H26N2O4/c1-14(2,3)12(19)16-9-5-6-11(18)17-15(4,13(20)21)10-7-8-10/h10H,5-9H2,1-4H3,(H,16,19)(H,17,18)(H,20,21). The van der Waals surface area contributed by atoms with Crippen molar-refractivity contribution in [1.82, 2.24) is 10.6 Å². The van der Waals surface area contributed by atoms with Crippen molar-refractivity contribution >= 4 is 17.8 Å². The Morgan fingerprint density at radius 1 is 1.14 bits per heavy atom. The second-order valence-corrected chi connectivity index (χ2v) is 6.94. The molecule has 21 heavy (non-hydrogen) atoms. The molecular weight excluding hydrogens is 272 g/mol. The second-order valence-electron chi connectivity index (χ2n) is 6.94. The highest BCUT2D eigenvalue weighted by atomic mass is 16.4. The van der Waals surface area contributed by atoms with Gasteiger partial charge in [-0.05, 0) is 32.1 Å². The summed E-state index contributed by atoms with van der Waals surface area (Å²) in [6, 6.07) is 0. The summed E-state index contributed by atoms with van der Waals surface area (Å²) in [6.45, 7) is 7.44. The summed E-state index contributed by atoms with van der Waals surface area (Å²) >= 11 is 0. The lowest BCUT2D eigenvalue weighted by atomic mass is 9.95. The fourth-order valence-electron chi connectivity index (χ4n) is 2.06. The van der Waals surface area contributed by atoms with E-state index in [0.29, 0.717) is 13.0 Å². The predicted octanol–water partition coefficient (Wildman–Crippen LogP) is 1.30.